The summed E-state index contributed by atoms with van der Waals surface area (Å²) in [6.07, 6.45) is 0. The summed E-state index contributed by atoms with van der Waals surface area (Å²) < 4.78 is 0. The highest BCUT2D eigenvalue weighted by atomic mass is 16.2. The lowest BCUT2D eigenvalue weighted by Gasteiger charge is -2.02. The molecule has 1 fully saturated rings. The van der Waals surface area contributed by atoms with Gasteiger partial charge in [0.05, 0.1) is 0 Å². The van der Waals surface area contributed by atoms with E-state index in [9.17, 15) is 4.79 Å². The molecule has 3 N–H and O–H groups in total. The third-order valence-electron chi connectivity index (χ3n) is 2.23. The number of hydrogen-bond donors (Lipinski definition) is 3. The van der Waals surface area contributed by atoms with Crippen LogP contribution in [0.1, 0.15) is 5.56 Å². The Bertz CT molecular complexity index is 402. The number of urea groups is 1. The van der Waals surface area contributed by atoms with Crippen molar-refractivity contribution in [1.29, 1.82) is 0 Å². The second kappa shape index (κ2) is 4.65. The van der Waals surface area contributed by atoms with E-state index in [2.05, 4.69) is 20.9 Å². The van der Waals surface area contributed by atoms with Gasteiger partial charge in [0.25, 0.3) is 0 Å². The van der Waals surface area contributed by atoms with Crippen molar-refractivity contribution in [2.75, 3.05) is 18.4 Å². The molecule has 0 unspecified atom stereocenters. The zero-order valence-corrected chi connectivity index (χ0v) is 9.08. The van der Waals surface area contributed by atoms with Gasteiger partial charge in [-0.15, -0.1) is 0 Å². The smallest absolute Gasteiger partial charge is 0.348 e. The molecule has 5 nitrogen and oxygen atoms in total. The van der Waals surface area contributed by atoms with Crippen LogP contribution < -0.4 is 16.0 Å². The number of aliphatic imine (C=N–C) groups is 1. The molecule has 1 aromatic rings. The highest BCUT2D eigenvalue weighted by Gasteiger charge is 2.07. The predicted octanol–water partition coefficient (Wildman–Crippen LogP) is 1.08. The number of aryl methyl sites for hydroxylation is 1. The number of benzene rings is 1. The summed E-state index contributed by atoms with van der Waals surface area (Å²) in [7, 11) is 0. The molecular weight excluding hydrogens is 204 g/mol. The van der Waals surface area contributed by atoms with Gasteiger partial charge in [0.1, 0.15) is 0 Å². The summed E-state index contributed by atoms with van der Waals surface area (Å²) in [6, 6.07) is 7.20. The molecule has 84 valence electrons. The maximum Gasteiger partial charge on any atom is 0.348 e. The van der Waals surface area contributed by atoms with Crippen LogP contribution in [0.3, 0.4) is 0 Å². The fourth-order valence-corrected chi connectivity index (χ4v) is 1.39. The SMILES string of the molecule is Cc1ccc(NC(=O)N=C2NCCN2)cc1. The van der Waals surface area contributed by atoms with Crippen molar-refractivity contribution in [3.8, 4) is 0 Å². The van der Waals surface area contributed by atoms with Crippen molar-refractivity contribution in [2.24, 2.45) is 4.99 Å². The first-order valence-electron chi connectivity index (χ1n) is 5.18. The zero-order valence-electron chi connectivity index (χ0n) is 9.08. The van der Waals surface area contributed by atoms with Crippen LogP contribution in [0.4, 0.5) is 10.5 Å². The first-order chi connectivity index (χ1) is 7.74. The van der Waals surface area contributed by atoms with Crippen molar-refractivity contribution < 1.29 is 4.79 Å². The summed E-state index contributed by atoms with van der Waals surface area (Å²) in [6.45, 7) is 3.60. The predicted molar refractivity (Wildman–Crippen MR) is 63.6 cm³/mol. The summed E-state index contributed by atoms with van der Waals surface area (Å²) in [4.78, 5) is 15.3. The molecule has 1 aliphatic heterocycles. The third kappa shape index (κ3) is 2.73. The number of anilines is 1. The lowest BCUT2D eigenvalue weighted by Crippen LogP contribution is -2.26. The van der Waals surface area contributed by atoms with Gasteiger partial charge >= 0.3 is 6.03 Å². The molecule has 1 heterocycles. The lowest BCUT2D eigenvalue weighted by molar-refractivity contribution is 0.259. The number of hydrogen-bond acceptors (Lipinski definition) is 1. The molecule has 0 spiro atoms. The van der Waals surface area contributed by atoms with Gasteiger partial charge in [-0.3, -0.25) is 0 Å². The number of guanidine groups is 1. The number of rotatable bonds is 1. The van der Waals surface area contributed by atoms with Gasteiger partial charge in [-0.2, -0.15) is 4.99 Å². The Morgan fingerprint density at radius 1 is 1.25 bits per heavy atom. The van der Waals surface area contributed by atoms with Crippen LogP contribution in [0.5, 0.6) is 0 Å². The van der Waals surface area contributed by atoms with E-state index in [1.165, 1.54) is 0 Å². The van der Waals surface area contributed by atoms with E-state index >= 15 is 0 Å². The third-order valence-corrected chi connectivity index (χ3v) is 2.23. The molecule has 16 heavy (non-hydrogen) atoms. The van der Waals surface area contributed by atoms with Gasteiger partial charge in [0.2, 0.25) is 5.96 Å². The minimum Gasteiger partial charge on any atom is -0.354 e. The zero-order chi connectivity index (χ0) is 11.4. The molecule has 1 saturated heterocycles. The van der Waals surface area contributed by atoms with E-state index in [1.807, 2.05) is 31.2 Å². The molecule has 0 atom stereocenters. The van der Waals surface area contributed by atoms with E-state index in [1.54, 1.807) is 0 Å². The van der Waals surface area contributed by atoms with Crippen molar-refractivity contribution >= 4 is 17.7 Å². The molecule has 0 radical (unpaired) electrons. The number of amides is 2. The summed E-state index contributed by atoms with van der Waals surface area (Å²) >= 11 is 0. The molecule has 0 saturated carbocycles. The first kappa shape index (κ1) is 10.5. The average Bonchev–Trinajstić information content (AvgIpc) is 2.74. The van der Waals surface area contributed by atoms with Crippen LogP contribution in [0.15, 0.2) is 29.3 Å². The Morgan fingerprint density at radius 3 is 2.50 bits per heavy atom. The Labute approximate surface area is 94.0 Å². The van der Waals surface area contributed by atoms with Gasteiger partial charge in [0, 0.05) is 18.8 Å². The van der Waals surface area contributed by atoms with Crippen molar-refractivity contribution in [3.05, 3.63) is 29.8 Å². The maximum absolute atomic E-state index is 11.5. The quantitative estimate of drug-likeness (QED) is 0.660. The topological polar surface area (TPSA) is 65.5 Å². The van der Waals surface area contributed by atoms with Crippen molar-refractivity contribution in [1.82, 2.24) is 10.6 Å². The van der Waals surface area contributed by atoms with Crippen LogP contribution >= 0.6 is 0 Å². The highest BCUT2D eigenvalue weighted by molar-refractivity contribution is 5.99. The maximum atomic E-state index is 11.5. The number of nitrogens with zero attached hydrogens (tertiary/aromatic N) is 1. The normalized spacial score (nSPS) is 13.9. The Balaban J connectivity index is 1.96. The van der Waals surface area contributed by atoms with Gasteiger partial charge < -0.3 is 16.0 Å². The van der Waals surface area contributed by atoms with E-state index < -0.39 is 0 Å². The number of nitrogens with one attached hydrogen (secondary N) is 3. The molecule has 0 bridgehead atoms. The summed E-state index contributed by atoms with van der Waals surface area (Å²) in [5.74, 6) is 0.532. The summed E-state index contributed by atoms with van der Waals surface area (Å²) in [5, 5.41) is 8.61. The van der Waals surface area contributed by atoms with Crippen LogP contribution in [0, 0.1) is 6.92 Å². The van der Waals surface area contributed by atoms with E-state index in [0.717, 1.165) is 24.3 Å². The average molecular weight is 218 g/mol. The Morgan fingerprint density at radius 2 is 1.88 bits per heavy atom. The fourth-order valence-electron chi connectivity index (χ4n) is 1.39. The standard InChI is InChI=1S/C11H14N4O/c1-8-2-4-9(5-3-8)14-11(16)15-10-12-6-7-13-10/h2-5H,6-7H2,1H3,(H3,12,13,14,15,16). The Hall–Kier alpha value is -2.04. The minimum atomic E-state index is -0.374. The number of carbonyl (C=O) groups is 1. The van der Waals surface area contributed by atoms with Crippen molar-refractivity contribution in [2.45, 2.75) is 6.92 Å². The van der Waals surface area contributed by atoms with Crippen LogP contribution in [-0.4, -0.2) is 25.1 Å². The molecule has 0 aliphatic carbocycles. The minimum absolute atomic E-state index is 0.374. The molecular formula is C11H14N4O. The van der Waals surface area contributed by atoms with Gasteiger partial charge in [0.15, 0.2) is 0 Å². The fraction of sp³-hybridized carbons (Fsp3) is 0.273. The largest absolute Gasteiger partial charge is 0.354 e. The lowest BCUT2D eigenvalue weighted by atomic mass is 10.2. The van der Waals surface area contributed by atoms with Crippen molar-refractivity contribution in [3.63, 3.8) is 0 Å². The van der Waals surface area contributed by atoms with Crippen LogP contribution in [0.2, 0.25) is 0 Å². The number of carbonyl (C=O) groups excluding carboxylic acids is 1. The molecule has 2 rings (SSSR count). The molecule has 0 aromatic heterocycles. The first-order valence-corrected chi connectivity index (χ1v) is 5.18. The molecule has 5 heteroatoms. The van der Waals surface area contributed by atoms with Gasteiger partial charge in [-0.05, 0) is 19.1 Å². The second-order valence-corrected chi connectivity index (χ2v) is 3.61. The van der Waals surface area contributed by atoms with E-state index in [0.29, 0.717) is 5.96 Å². The second-order valence-electron chi connectivity index (χ2n) is 3.61. The summed E-state index contributed by atoms with van der Waals surface area (Å²) in [5.41, 5.74) is 1.90. The molecule has 1 aromatic carbocycles. The van der Waals surface area contributed by atoms with Crippen LogP contribution in [-0.2, 0) is 0 Å². The molecule has 1 aliphatic rings. The molecule has 2 amide bonds. The van der Waals surface area contributed by atoms with Gasteiger partial charge in [-0.25, -0.2) is 4.79 Å². The highest BCUT2D eigenvalue weighted by Crippen LogP contribution is 2.08. The monoisotopic (exact) mass is 218 g/mol. The van der Waals surface area contributed by atoms with E-state index in [-0.39, 0.29) is 6.03 Å². The van der Waals surface area contributed by atoms with Gasteiger partial charge in [-0.1, -0.05) is 17.7 Å². The van der Waals surface area contributed by atoms with Crippen LogP contribution in [0.25, 0.3) is 0 Å². The van der Waals surface area contributed by atoms with E-state index in [4.69, 9.17) is 0 Å². The Kier molecular flexibility index (Phi) is 3.05.